The SMILES string of the molecule is Cc1ccc(CNC(=O)c2cccc(C3CCCN(C(=O)Nc4ccccc4)C3)c2)o1. The van der Waals surface area contributed by atoms with E-state index in [2.05, 4.69) is 10.6 Å². The molecule has 0 spiro atoms. The van der Waals surface area contributed by atoms with Gasteiger partial charge in [-0.3, -0.25) is 4.79 Å². The Morgan fingerprint density at radius 3 is 2.68 bits per heavy atom. The van der Waals surface area contributed by atoms with E-state index in [1.165, 1.54) is 0 Å². The number of carbonyl (C=O) groups excluding carboxylic acids is 2. The predicted octanol–water partition coefficient (Wildman–Crippen LogP) is 4.93. The van der Waals surface area contributed by atoms with E-state index in [1.54, 1.807) is 0 Å². The summed E-state index contributed by atoms with van der Waals surface area (Å²) in [7, 11) is 0. The lowest BCUT2D eigenvalue weighted by molar-refractivity contribution is 0.0947. The van der Waals surface area contributed by atoms with Crippen LogP contribution in [0.2, 0.25) is 0 Å². The molecule has 6 nitrogen and oxygen atoms in total. The smallest absolute Gasteiger partial charge is 0.321 e. The van der Waals surface area contributed by atoms with Crippen LogP contribution in [0.5, 0.6) is 0 Å². The Morgan fingerprint density at radius 1 is 1.06 bits per heavy atom. The molecule has 2 N–H and O–H groups in total. The summed E-state index contributed by atoms with van der Waals surface area (Å²) in [6, 6.07) is 20.8. The molecule has 1 aliphatic rings. The second-order valence-corrected chi connectivity index (χ2v) is 7.90. The number of para-hydroxylation sites is 1. The van der Waals surface area contributed by atoms with Crippen molar-refractivity contribution in [1.29, 1.82) is 0 Å². The molecule has 0 saturated carbocycles. The minimum Gasteiger partial charge on any atom is -0.465 e. The number of hydrogen-bond acceptors (Lipinski definition) is 3. The largest absolute Gasteiger partial charge is 0.465 e. The summed E-state index contributed by atoms with van der Waals surface area (Å²) in [5, 5.41) is 5.87. The van der Waals surface area contributed by atoms with Crippen LogP contribution in [0.15, 0.2) is 71.1 Å². The fourth-order valence-electron chi connectivity index (χ4n) is 3.94. The minimum absolute atomic E-state index is 0.0847. The first-order chi connectivity index (χ1) is 15.1. The number of urea groups is 1. The number of nitrogens with one attached hydrogen (secondary N) is 2. The molecule has 1 aliphatic heterocycles. The molecule has 3 aromatic rings. The van der Waals surface area contributed by atoms with Gasteiger partial charge in [0.15, 0.2) is 0 Å². The molecule has 0 aliphatic carbocycles. The van der Waals surface area contributed by atoms with Crippen molar-refractivity contribution in [2.45, 2.75) is 32.2 Å². The molecular weight excluding hydrogens is 390 g/mol. The summed E-state index contributed by atoms with van der Waals surface area (Å²) in [6.07, 6.45) is 1.92. The Labute approximate surface area is 182 Å². The number of benzene rings is 2. The lowest BCUT2D eigenvalue weighted by Gasteiger charge is -2.33. The molecule has 3 amide bonds. The molecule has 1 unspecified atom stereocenters. The summed E-state index contributed by atoms with van der Waals surface area (Å²) < 4.78 is 5.51. The number of aryl methyl sites for hydroxylation is 1. The maximum Gasteiger partial charge on any atom is 0.321 e. The van der Waals surface area contributed by atoms with Crippen LogP contribution in [0.25, 0.3) is 0 Å². The third-order valence-electron chi connectivity index (χ3n) is 5.57. The van der Waals surface area contributed by atoms with Crippen LogP contribution in [-0.4, -0.2) is 29.9 Å². The normalized spacial score (nSPS) is 16.0. The second kappa shape index (κ2) is 9.51. The average molecular weight is 418 g/mol. The van der Waals surface area contributed by atoms with Crippen LogP contribution in [0.4, 0.5) is 10.5 Å². The van der Waals surface area contributed by atoms with Crippen LogP contribution < -0.4 is 10.6 Å². The van der Waals surface area contributed by atoms with Gasteiger partial charge in [-0.05, 0) is 61.7 Å². The van der Waals surface area contributed by atoms with Gasteiger partial charge in [-0.1, -0.05) is 30.3 Å². The quantitative estimate of drug-likeness (QED) is 0.618. The van der Waals surface area contributed by atoms with Gasteiger partial charge in [0.25, 0.3) is 5.91 Å². The average Bonchev–Trinajstić information content (AvgIpc) is 3.23. The molecule has 0 bridgehead atoms. The number of nitrogens with zero attached hydrogens (tertiary/aromatic N) is 1. The third-order valence-corrected chi connectivity index (χ3v) is 5.57. The summed E-state index contributed by atoms with van der Waals surface area (Å²) in [5.74, 6) is 1.62. The number of hydrogen-bond donors (Lipinski definition) is 2. The maximum absolute atomic E-state index is 12.7. The molecule has 31 heavy (non-hydrogen) atoms. The number of piperidine rings is 1. The lowest BCUT2D eigenvalue weighted by atomic mass is 9.89. The Kier molecular flexibility index (Phi) is 6.36. The van der Waals surface area contributed by atoms with Gasteiger partial charge in [0.05, 0.1) is 6.54 Å². The number of likely N-dealkylation sites (tertiary alicyclic amines) is 1. The number of furan rings is 1. The number of carbonyl (C=O) groups is 2. The van der Waals surface area contributed by atoms with E-state index in [1.807, 2.05) is 78.6 Å². The van der Waals surface area contributed by atoms with Gasteiger partial charge < -0.3 is 20.0 Å². The molecule has 1 aromatic heterocycles. The fourth-order valence-corrected chi connectivity index (χ4v) is 3.94. The van der Waals surface area contributed by atoms with E-state index in [0.717, 1.165) is 42.2 Å². The van der Waals surface area contributed by atoms with Crippen molar-refractivity contribution in [3.05, 3.63) is 89.4 Å². The third kappa shape index (κ3) is 5.34. The topological polar surface area (TPSA) is 74.6 Å². The van der Waals surface area contributed by atoms with Crippen LogP contribution >= 0.6 is 0 Å². The first-order valence-corrected chi connectivity index (χ1v) is 10.6. The molecular formula is C25H27N3O3. The highest BCUT2D eigenvalue weighted by Crippen LogP contribution is 2.28. The molecule has 1 saturated heterocycles. The highest BCUT2D eigenvalue weighted by Gasteiger charge is 2.25. The number of anilines is 1. The summed E-state index contributed by atoms with van der Waals surface area (Å²) >= 11 is 0. The highest BCUT2D eigenvalue weighted by atomic mass is 16.3. The summed E-state index contributed by atoms with van der Waals surface area (Å²) in [6.45, 7) is 3.60. The zero-order chi connectivity index (χ0) is 21.6. The van der Waals surface area contributed by atoms with Crippen LogP contribution in [0.3, 0.4) is 0 Å². The molecule has 4 rings (SSSR count). The van der Waals surface area contributed by atoms with Crippen molar-refractivity contribution in [3.8, 4) is 0 Å². The fraction of sp³-hybridized carbons (Fsp3) is 0.280. The zero-order valence-corrected chi connectivity index (χ0v) is 17.6. The lowest BCUT2D eigenvalue weighted by Crippen LogP contribution is -2.41. The number of amides is 3. The standard InChI is InChI=1S/C25H27N3O3/c1-18-12-13-23(31-18)16-26-24(29)20-8-5-7-19(15-20)21-9-6-14-28(17-21)25(30)27-22-10-3-2-4-11-22/h2-5,7-8,10-13,15,21H,6,9,14,16-17H2,1H3,(H,26,29)(H,27,30). The van der Waals surface area contributed by atoms with Gasteiger partial charge in [0.2, 0.25) is 0 Å². The molecule has 1 atom stereocenters. The summed E-state index contributed by atoms with van der Waals surface area (Å²) in [5.41, 5.74) is 2.49. The van der Waals surface area contributed by atoms with E-state index in [0.29, 0.717) is 18.7 Å². The molecule has 1 fully saturated rings. The van der Waals surface area contributed by atoms with Crippen molar-refractivity contribution in [3.63, 3.8) is 0 Å². The van der Waals surface area contributed by atoms with Gasteiger partial charge >= 0.3 is 6.03 Å². The van der Waals surface area contributed by atoms with Crippen molar-refractivity contribution < 1.29 is 14.0 Å². The van der Waals surface area contributed by atoms with E-state index >= 15 is 0 Å². The Hall–Kier alpha value is -3.54. The molecule has 2 heterocycles. The first kappa shape index (κ1) is 20.7. The van der Waals surface area contributed by atoms with Crippen molar-refractivity contribution >= 4 is 17.6 Å². The van der Waals surface area contributed by atoms with Gasteiger partial charge in [-0.15, -0.1) is 0 Å². The first-order valence-electron chi connectivity index (χ1n) is 10.6. The molecule has 0 radical (unpaired) electrons. The summed E-state index contributed by atoms with van der Waals surface area (Å²) in [4.78, 5) is 27.1. The monoisotopic (exact) mass is 417 g/mol. The van der Waals surface area contributed by atoms with Gasteiger partial charge in [-0.25, -0.2) is 4.79 Å². The van der Waals surface area contributed by atoms with E-state index in [9.17, 15) is 9.59 Å². The van der Waals surface area contributed by atoms with Crippen LogP contribution in [0.1, 0.15) is 46.2 Å². The number of rotatable bonds is 5. The van der Waals surface area contributed by atoms with Gasteiger partial charge in [-0.2, -0.15) is 0 Å². The molecule has 6 heteroatoms. The second-order valence-electron chi connectivity index (χ2n) is 7.90. The van der Waals surface area contributed by atoms with Crippen molar-refractivity contribution in [2.75, 3.05) is 18.4 Å². The van der Waals surface area contributed by atoms with Crippen molar-refractivity contribution in [2.24, 2.45) is 0 Å². The van der Waals surface area contributed by atoms with E-state index in [4.69, 9.17) is 4.42 Å². The minimum atomic E-state index is -0.134. The van der Waals surface area contributed by atoms with Crippen LogP contribution in [0, 0.1) is 6.92 Å². The Bertz CT molecular complexity index is 1040. The Balaban J connectivity index is 1.38. The zero-order valence-electron chi connectivity index (χ0n) is 17.6. The van der Waals surface area contributed by atoms with Gasteiger partial charge in [0.1, 0.15) is 11.5 Å². The highest BCUT2D eigenvalue weighted by molar-refractivity contribution is 5.94. The van der Waals surface area contributed by atoms with Crippen molar-refractivity contribution in [1.82, 2.24) is 10.2 Å². The van der Waals surface area contributed by atoms with Crippen LogP contribution in [-0.2, 0) is 6.54 Å². The molecule has 2 aromatic carbocycles. The predicted molar refractivity (Wildman–Crippen MR) is 120 cm³/mol. The molecule has 160 valence electrons. The van der Waals surface area contributed by atoms with Gasteiger partial charge in [0, 0.05) is 30.3 Å². The van der Waals surface area contributed by atoms with E-state index < -0.39 is 0 Å². The Morgan fingerprint density at radius 2 is 1.90 bits per heavy atom. The van der Waals surface area contributed by atoms with E-state index in [-0.39, 0.29) is 17.9 Å². The maximum atomic E-state index is 12.7.